The maximum atomic E-state index is 3.79. The molecule has 0 atom stereocenters. The zero-order valence-corrected chi connectivity index (χ0v) is 6.66. The first-order chi connectivity index (χ1) is 3.83. The summed E-state index contributed by atoms with van der Waals surface area (Å²) in [5.74, 6) is 0. The van der Waals surface area contributed by atoms with Gasteiger partial charge in [-0.25, -0.2) is 0 Å². The lowest BCUT2D eigenvalue weighted by molar-refractivity contribution is 0.626. The third kappa shape index (κ3) is 1.18. The number of aryl methyl sites for hydroxylation is 1. The van der Waals surface area contributed by atoms with Crippen molar-refractivity contribution in [2.24, 2.45) is 0 Å². The van der Waals surface area contributed by atoms with Crippen LogP contribution in [0, 0.1) is 3.70 Å². The van der Waals surface area contributed by atoms with E-state index < -0.39 is 0 Å². The van der Waals surface area contributed by atoms with E-state index in [9.17, 15) is 0 Å². The van der Waals surface area contributed by atoms with Gasteiger partial charge in [0.2, 0.25) is 0 Å². The Bertz CT molecular complexity index is 172. The van der Waals surface area contributed by atoms with Crippen molar-refractivity contribution in [3.63, 3.8) is 0 Å². The Kier molecular flexibility index (Phi) is 1.82. The van der Waals surface area contributed by atoms with Crippen LogP contribution in [0.3, 0.4) is 0 Å². The van der Waals surface area contributed by atoms with Crippen LogP contribution in [-0.2, 0) is 6.54 Å². The van der Waals surface area contributed by atoms with Crippen LogP contribution in [0.2, 0.25) is 0 Å². The normalized spacial score (nSPS) is 9.75. The zero-order chi connectivity index (χ0) is 5.98. The fraction of sp³-hybridized carbons (Fsp3) is 0.500. The van der Waals surface area contributed by atoms with Gasteiger partial charge in [0, 0.05) is 6.54 Å². The highest BCUT2D eigenvalue weighted by Gasteiger charge is 1.89. The van der Waals surface area contributed by atoms with Gasteiger partial charge in [-0.1, -0.05) is 5.21 Å². The van der Waals surface area contributed by atoms with Gasteiger partial charge in [0.25, 0.3) is 0 Å². The first-order valence-corrected chi connectivity index (χ1v) is 3.46. The molecule has 4 heteroatoms. The van der Waals surface area contributed by atoms with Crippen LogP contribution in [-0.4, -0.2) is 15.0 Å². The highest BCUT2D eigenvalue weighted by molar-refractivity contribution is 14.1. The molecule has 1 aromatic heterocycles. The molecule has 0 bridgehead atoms. The molecule has 1 aromatic rings. The lowest BCUT2D eigenvalue weighted by Gasteiger charge is -1.85. The Labute approximate surface area is 61.2 Å². The maximum absolute atomic E-state index is 3.79. The highest BCUT2D eigenvalue weighted by Crippen LogP contribution is 1.95. The number of rotatable bonds is 1. The molecular weight excluding hydrogens is 217 g/mol. The van der Waals surface area contributed by atoms with E-state index in [0.29, 0.717) is 0 Å². The van der Waals surface area contributed by atoms with Crippen LogP contribution in [0.25, 0.3) is 0 Å². The van der Waals surface area contributed by atoms with Crippen molar-refractivity contribution in [1.82, 2.24) is 15.0 Å². The van der Waals surface area contributed by atoms with E-state index in [1.165, 1.54) is 0 Å². The Morgan fingerprint density at radius 1 is 1.88 bits per heavy atom. The summed E-state index contributed by atoms with van der Waals surface area (Å²) in [6.45, 7) is 2.93. The van der Waals surface area contributed by atoms with Gasteiger partial charge in [0.15, 0.2) is 0 Å². The van der Waals surface area contributed by atoms with Gasteiger partial charge in [0.1, 0.15) is 3.70 Å². The van der Waals surface area contributed by atoms with Gasteiger partial charge < -0.3 is 0 Å². The van der Waals surface area contributed by atoms with Crippen molar-refractivity contribution in [2.75, 3.05) is 0 Å². The van der Waals surface area contributed by atoms with Crippen molar-refractivity contribution < 1.29 is 0 Å². The molecule has 1 rings (SSSR count). The highest BCUT2D eigenvalue weighted by atomic mass is 127. The summed E-state index contributed by atoms with van der Waals surface area (Å²) in [6.07, 6.45) is 1.90. The molecule has 0 aliphatic heterocycles. The van der Waals surface area contributed by atoms with Gasteiger partial charge >= 0.3 is 0 Å². The molecule has 0 aromatic carbocycles. The summed E-state index contributed by atoms with van der Waals surface area (Å²) in [5, 5.41) is 7.58. The Morgan fingerprint density at radius 3 is 2.88 bits per heavy atom. The molecule has 0 fully saturated rings. The average molecular weight is 223 g/mol. The van der Waals surface area contributed by atoms with E-state index >= 15 is 0 Å². The van der Waals surface area contributed by atoms with Crippen molar-refractivity contribution in [2.45, 2.75) is 13.5 Å². The molecule has 0 amide bonds. The first-order valence-electron chi connectivity index (χ1n) is 2.38. The van der Waals surface area contributed by atoms with Crippen LogP contribution in [0.1, 0.15) is 6.92 Å². The molecule has 0 spiro atoms. The number of halogens is 1. The van der Waals surface area contributed by atoms with Gasteiger partial charge in [-0.05, 0) is 29.5 Å². The molecular formula is C4H6IN3. The molecule has 8 heavy (non-hydrogen) atoms. The summed E-state index contributed by atoms with van der Waals surface area (Å²) < 4.78 is 2.74. The molecule has 0 N–H and O–H groups in total. The van der Waals surface area contributed by atoms with Gasteiger partial charge in [-0.2, -0.15) is 0 Å². The van der Waals surface area contributed by atoms with E-state index in [2.05, 4.69) is 32.9 Å². The van der Waals surface area contributed by atoms with Crippen molar-refractivity contribution in [1.29, 1.82) is 0 Å². The van der Waals surface area contributed by atoms with Crippen molar-refractivity contribution in [3.8, 4) is 0 Å². The second-order valence-electron chi connectivity index (χ2n) is 1.40. The number of nitrogens with zero attached hydrogens (tertiary/aromatic N) is 3. The number of hydrogen-bond acceptors (Lipinski definition) is 2. The monoisotopic (exact) mass is 223 g/mol. The zero-order valence-electron chi connectivity index (χ0n) is 4.50. The number of aromatic nitrogens is 3. The van der Waals surface area contributed by atoms with Crippen LogP contribution < -0.4 is 0 Å². The van der Waals surface area contributed by atoms with E-state index in [-0.39, 0.29) is 0 Å². The quantitative estimate of drug-likeness (QED) is 0.662. The van der Waals surface area contributed by atoms with Crippen LogP contribution in [0.4, 0.5) is 0 Å². The molecule has 1 heterocycles. The molecule has 44 valence electrons. The summed E-state index contributed by atoms with van der Waals surface area (Å²) >= 11 is 2.13. The standard InChI is InChI=1S/C4H6IN3/c1-2-8-3-4(5)6-7-8/h3H,2H2,1H3. The lowest BCUT2D eigenvalue weighted by Crippen LogP contribution is -1.93. The summed E-state index contributed by atoms with van der Waals surface area (Å²) in [5.41, 5.74) is 0. The molecule has 0 saturated heterocycles. The molecule has 0 aliphatic rings. The lowest BCUT2D eigenvalue weighted by atomic mass is 10.7. The Morgan fingerprint density at radius 2 is 2.62 bits per heavy atom. The van der Waals surface area contributed by atoms with Crippen LogP contribution >= 0.6 is 22.6 Å². The summed E-state index contributed by atoms with van der Waals surface area (Å²) in [7, 11) is 0. The minimum atomic E-state index is 0.899. The number of hydrogen-bond donors (Lipinski definition) is 0. The van der Waals surface area contributed by atoms with E-state index in [4.69, 9.17) is 0 Å². The van der Waals surface area contributed by atoms with E-state index in [0.717, 1.165) is 10.2 Å². The first kappa shape index (κ1) is 6.00. The largest absolute Gasteiger partial charge is 0.252 e. The third-order valence-corrected chi connectivity index (χ3v) is 1.33. The predicted octanol–water partition coefficient (Wildman–Crippen LogP) is 0.903. The molecule has 0 saturated carbocycles. The fourth-order valence-electron chi connectivity index (χ4n) is 0.429. The summed E-state index contributed by atoms with van der Waals surface area (Å²) in [6, 6.07) is 0. The topological polar surface area (TPSA) is 30.7 Å². The minimum Gasteiger partial charge on any atom is -0.252 e. The SMILES string of the molecule is CCn1cc(I)nn1. The third-order valence-electron chi connectivity index (χ3n) is 0.835. The van der Waals surface area contributed by atoms with Crippen LogP contribution in [0.5, 0.6) is 0 Å². The second kappa shape index (κ2) is 2.43. The predicted molar refractivity (Wildman–Crippen MR) is 38.4 cm³/mol. The summed E-state index contributed by atoms with van der Waals surface area (Å²) in [4.78, 5) is 0. The smallest absolute Gasteiger partial charge is 0.143 e. The Balaban J connectivity index is 2.84. The molecule has 3 nitrogen and oxygen atoms in total. The minimum absolute atomic E-state index is 0.899. The maximum Gasteiger partial charge on any atom is 0.143 e. The molecule has 0 aliphatic carbocycles. The van der Waals surface area contributed by atoms with Gasteiger partial charge in [-0.15, -0.1) is 5.10 Å². The van der Waals surface area contributed by atoms with Crippen molar-refractivity contribution >= 4 is 22.6 Å². The average Bonchev–Trinajstić information content (AvgIpc) is 2.14. The fourth-order valence-corrected chi connectivity index (χ4v) is 0.847. The van der Waals surface area contributed by atoms with E-state index in [1.54, 1.807) is 4.68 Å². The molecule has 0 unspecified atom stereocenters. The van der Waals surface area contributed by atoms with Crippen molar-refractivity contribution in [3.05, 3.63) is 9.90 Å². The molecule has 0 radical (unpaired) electrons. The second-order valence-corrected chi connectivity index (χ2v) is 2.50. The van der Waals surface area contributed by atoms with Crippen LogP contribution in [0.15, 0.2) is 6.20 Å². The van der Waals surface area contributed by atoms with Gasteiger partial charge in [0.05, 0.1) is 6.20 Å². The Hall–Kier alpha value is -0.130. The van der Waals surface area contributed by atoms with E-state index in [1.807, 2.05) is 13.1 Å². The van der Waals surface area contributed by atoms with Gasteiger partial charge in [-0.3, -0.25) is 4.68 Å².